The van der Waals surface area contributed by atoms with E-state index < -0.39 is 20.3 Å². The van der Waals surface area contributed by atoms with E-state index in [0.29, 0.717) is 5.92 Å². The van der Waals surface area contributed by atoms with E-state index >= 15 is 0 Å². The fourth-order valence-electron chi connectivity index (χ4n) is 5.83. The van der Waals surface area contributed by atoms with Crippen molar-refractivity contribution in [2.24, 2.45) is 0 Å². The predicted molar refractivity (Wildman–Crippen MR) is 133 cm³/mol. The second-order valence-corrected chi connectivity index (χ2v) is 18.9. The summed E-state index contributed by atoms with van der Waals surface area (Å²) in [5, 5.41) is 0. The molecule has 0 heterocycles. The summed E-state index contributed by atoms with van der Waals surface area (Å²) >= 11 is -3.12. The molecule has 4 aromatic rings. The number of hydrogen-bond acceptors (Lipinski definition) is 0. The van der Waals surface area contributed by atoms with Crippen LogP contribution in [0.15, 0.2) is 130 Å². The van der Waals surface area contributed by atoms with Gasteiger partial charge in [0.2, 0.25) is 0 Å². The van der Waals surface area contributed by atoms with Crippen molar-refractivity contribution < 1.29 is 45.1 Å². The molecule has 0 amide bonds. The first-order valence-corrected chi connectivity index (χ1v) is 17.6. The first-order chi connectivity index (χ1) is 15.8. The fourth-order valence-corrected chi connectivity index (χ4v) is 15.9. The Hall–Kier alpha value is -2.18. The molecule has 6 rings (SSSR count). The van der Waals surface area contributed by atoms with Gasteiger partial charge in [-0.25, -0.2) is 0 Å². The Morgan fingerprint density at radius 3 is 1.53 bits per heavy atom. The van der Waals surface area contributed by atoms with Crippen LogP contribution in [0.25, 0.3) is 11.1 Å². The van der Waals surface area contributed by atoms with Crippen LogP contribution in [0.2, 0.25) is 4.63 Å². The maximum atomic E-state index is 2.62. The van der Waals surface area contributed by atoms with Crippen molar-refractivity contribution in [1.29, 1.82) is 0 Å². The Morgan fingerprint density at radius 1 is 0.588 bits per heavy atom. The Morgan fingerprint density at radius 2 is 1.03 bits per heavy atom. The summed E-state index contributed by atoms with van der Waals surface area (Å²) in [4.78, 5) is 0. The van der Waals surface area contributed by atoms with Crippen LogP contribution in [0.1, 0.15) is 23.5 Å². The third-order valence-corrected chi connectivity index (χ3v) is 18.9. The largest absolute Gasteiger partial charge is 1.00 e. The van der Waals surface area contributed by atoms with Crippen molar-refractivity contribution in [3.63, 3.8) is 0 Å². The molecule has 0 radical (unpaired) electrons. The normalized spacial score (nSPS) is 13.8. The SMILES string of the molecule is [CH3][Zr+2]([C]1=C(C2c3ccccc3-c3ccccc32)C=CC1)([c]1ccccc1)[c]1ccccc1.[Cl-].[Cl-]. The van der Waals surface area contributed by atoms with Gasteiger partial charge in [0, 0.05) is 0 Å². The van der Waals surface area contributed by atoms with E-state index in [0.717, 1.165) is 6.42 Å². The van der Waals surface area contributed by atoms with Crippen LogP contribution in [0.5, 0.6) is 0 Å². The zero-order valence-corrected chi connectivity index (χ0v) is 23.1. The van der Waals surface area contributed by atoms with Crippen molar-refractivity contribution in [2.45, 2.75) is 17.0 Å². The van der Waals surface area contributed by atoms with Gasteiger partial charge in [-0.2, -0.15) is 0 Å². The molecule has 3 heteroatoms. The minimum atomic E-state index is -3.12. The van der Waals surface area contributed by atoms with E-state index in [1.54, 1.807) is 15.4 Å². The molecule has 34 heavy (non-hydrogen) atoms. The van der Waals surface area contributed by atoms with Crippen LogP contribution < -0.4 is 31.4 Å². The van der Waals surface area contributed by atoms with Crippen LogP contribution in [0.3, 0.4) is 0 Å². The Kier molecular flexibility index (Phi) is 7.49. The van der Waals surface area contributed by atoms with E-state index in [2.05, 4.69) is 126 Å². The molecule has 2 aliphatic rings. The molecule has 168 valence electrons. The van der Waals surface area contributed by atoms with Gasteiger partial charge in [-0.15, -0.1) is 0 Å². The molecule has 0 N–H and O–H groups in total. The van der Waals surface area contributed by atoms with Crippen LogP contribution in [0.4, 0.5) is 0 Å². The van der Waals surface area contributed by atoms with Crippen molar-refractivity contribution in [2.75, 3.05) is 0 Å². The minimum Gasteiger partial charge on any atom is -1.00 e. The summed E-state index contributed by atoms with van der Waals surface area (Å²) in [5.41, 5.74) is 7.27. The fraction of sp³-hybridized carbons (Fsp3) is 0.0968. The van der Waals surface area contributed by atoms with Gasteiger partial charge in [-0.1, -0.05) is 0 Å². The number of benzene rings is 4. The van der Waals surface area contributed by atoms with Crippen molar-refractivity contribution in [1.82, 2.24) is 0 Å². The van der Waals surface area contributed by atoms with E-state index in [1.807, 2.05) is 0 Å². The van der Waals surface area contributed by atoms with Crippen LogP contribution in [0, 0.1) is 0 Å². The molecule has 4 aromatic carbocycles. The molecule has 0 aromatic heterocycles. The third kappa shape index (κ3) is 3.89. The monoisotopic (exact) mass is 558 g/mol. The smallest absolute Gasteiger partial charge is 1.00 e. The zero-order valence-electron chi connectivity index (χ0n) is 19.1. The average molecular weight is 561 g/mol. The molecule has 0 aliphatic heterocycles. The molecular weight excluding hydrogens is 534 g/mol. The van der Waals surface area contributed by atoms with Gasteiger partial charge < -0.3 is 24.8 Å². The van der Waals surface area contributed by atoms with Crippen LogP contribution >= 0.6 is 0 Å². The van der Waals surface area contributed by atoms with Gasteiger partial charge in [0.1, 0.15) is 0 Å². The summed E-state index contributed by atoms with van der Waals surface area (Å²) in [7, 11) is 0. The topological polar surface area (TPSA) is 0 Å². The predicted octanol–water partition coefficient (Wildman–Crippen LogP) is 0.874. The van der Waals surface area contributed by atoms with Crippen molar-refractivity contribution >= 4 is 6.54 Å². The molecule has 0 unspecified atom stereocenters. The number of allylic oxidation sites excluding steroid dienone is 4. The van der Waals surface area contributed by atoms with Gasteiger partial charge in [0.05, 0.1) is 0 Å². The number of fused-ring (bicyclic) bond motifs is 3. The molecule has 0 saturated heterocycles. The second-order valence-electron chi connectivity index (χ2n) is 9.00. The quantitative estimate of drug-likeness (QED) is 0.348. The van der Waals surface area contributed by atoms with Crippen LogP contribution in [-0.2, 0) is 20.3 Å². The van der Waals surface area contributed by atoms with Crippen LogP contribution in [-0.4, -0.2) is 0 Å². The first kappa shape index (κ1) is 24.9. The van der Waals surface area contributed by atoms with Crippen molar-refractivity contribution in [3.8, 4) is 11.1 Å². The first-order valence-electron chi connectivity index (χ1n) is 11.5. The second kappa shape index (κ2) is 10.2. The number of halogens is 2. The molecule has 0 spiro atoms. The van der Waals surface area contributed by atoms with Gasteiger partial charge in [0.25, 0.3) is 0 Å². The number of rotatable bonds is 4. The van der Waals surface area contributed by atoms with Gasteiger partial charge in [0.15, 0.2) is 0 Å². The summed E-state index contributed by atoms with van der Waals surface area (Å²) < 4.78 is 7.45. The molecule has 0 saturated carbocycles. The zero-order chi connectivity index (χ0) is 21.5. The Bertz CT molecular complexity index is 1270. The minimum absolute atomic E-state index is 0. The standard InChI is InChI=1S/C18H13.2C6H5.CH3.2ClH.Zr/c1-2-8-13(7-1)18-16-11-5-3-9-14(16)15-10-4-6-12-17(15)18;2*1-2-4-6-5-3-1;;;;/h1,3-7,9-12,18H,2H2;2*1-5H;1H3;2*1H;/q;;;;;;+2/p-2. The molecule has 0 fully saturated rings. The van der Waals surface area contributed by atoms with E-state index in [4.69, 9.17) is 0 Å². The molecule has 0 bridgehead atoms. The molecular formula is C31H26Cl2Zr. The van der Waals surface area contributed by atoms with E-state index in [1.165, 1.54) is 22.3 Å². The van der Waals surface area contributed by atoms with Gasteiger partial charge in [-0.3, -0.25) is 0 Å². The summed E-state index contributed by atoms with van der Waals surface area (Å²) in [6.45, 7) is 0. The molecule has 0 nitrogen and oxygen atoms in total. The summed E-state index contributed by atoms with van der Waals surface area (Å²) in [6.07, 6.45) is 5.93. The van der Waals surface area contributed by atoms with E-state index in [9.17, 15) is 0 Å². The van der Waals surface area contributed by atoms with Crippen molar-refractivity contribution in [3.05, 3.63) is 141 Å². The van der Waals surface area contributed by atoms with E-state index in [-0.39, 0.29) is 24.8 Å². The Labute approximate surface area is 219 Å². The summed E-state index contributed by atoms with van der Waals surface area (Å²) in [5.74, 6) is 0.333. The molecule has 2 aliphatic carbocycles. The van der Waals surface area contributed by atoms with Gasteiger partial charge >= 0.3 is 196 Å². The maximum absolute atomic E-state index is 3.12. The average Bonchev–Trinajstić information content (AvgIpc) is 3.47. The third-order valence-electron chi connectivity index (χ3n) is 7.42. The Balaban J connectivity index is 0.00000137. The molecule has 0 atom stereocenters. The number of hydrogen-bond donors (Lipinski definition) is 0. The summed E-state index contributed by atoms with van der Waals surface area (Å²) in [6, 6.07) is 40.7. The maximum Gasteiger partial charge on any atom is -1.00 e. The van der Waals surface area contributed by atoms with Gasteiger partial charge in [-0.05, 0) is 0 Å².